The zero-order valence-corrected chi connectivity index (χ0v) is 16.7. The highest BCUT2D eigenvalue weighted by Crippen LogP contribution is 2.43. The minimum absolute atomic E-state index is 0.0115. The van der Waals surface area contributed by atoms with E-state index in [1.807, 2.05) is 4.90 Å². The maximum Gasteiger partial charge on any atom is 0.418 e. The van der Waals surface area contributed by atoms with Crippen LogP contribution in [0.25, 0.3) is 21.7 Å². The number of rotatable bonds is 6. The van der Waals surface area contributed by atoms with Gasteiger partial charge in [-0.1, -0.05) is 6.07 Å². The molecule has 2 aromatic heterocycles. The number of nitrogens with one attached hydrogen (secondary N) is 1. The molecule has 6 rings (SSSR count). The Balaban J connectivity index is 1.62. The lowest BCUT2D eigenvalue weighted by atomic mass is 9.92. The number of nitrogens with zero attached hydrogens (tertiary/aromatic N) is 3. The predicted molar refractivity (Wildman–Crippen MR) is 105 cm³/mol. The summed E-state index contributed by atoms with van der Waals surface area (Å²) in [5.41, 5.74) is 0.386. The number of hydrogen-bond acceptors (Lipinski definition) is 8. The van der Waals surface area contributed by atoms with Crippen LogP contribution >= 0.6 is 11.3 Å². The third kappa shape index (κ3) is 3.75. The monoisotopic (exact) mass is 454 g/mol. The first-order chi connectivity index (χ1) is 14.8. The second-order valence-electron chi connectivity index (χ2n) is 7.54. The topological polar surface area (TPSA) is 101 Å². The number of anilines is 1. The number of aromatic nitrogens is 2. The van der Waals surface area contributed by atoms with E-state index in [2.05, 4.69) is 15.3 Å². The number of carboxylic acids is 1. The molecule has 2 bridgehead atoms. The molecule has 3 unspecified atom stereocenters. The Kier molecular flexibility index (Phi) is 4.87. The van der Waals surface area contributed by atoms with Crippen LogP contribution in [0.4, 0.5) is 19.2 Å². The van der Waals surface area contributed by atoms with Crippen molar-refractivity contribution in [1.82, 2.24) is 15.3 Å². The molecule has 3 saturated heterocycles. The minimum atomic E-state index is -4.83. The van der Waals surface area contributed by atoms with Gasteiger partial charge >= 0.3 is 12.1 Å². The van der Waals surface area contributed by atoms with Crippen molar-refractivity contribution < 1.29 is 32.2 Å². The molecule has 12 heteroatoms. The van der Waals surface area contributed by atoms with Crippen LogP contribution in [0.3, 0.4) is 0 Å². The van der Waals surface area contributed by atoms with E-state index in [1.165, 1.54) is 23.5 Å². The molecule has 0 spiro atoms. The molecule has 0 aliphatic carbocycles. The number of carboxylic acid groups (broad SMARTS) is 1. The van der Waals surface area contributed by atoms with Gasteiger partial charge < -0.3 is 24.5 Å². The predicted octanol–water partition coefficient (Wildman–Crippen LogP) is 3.21. The zero-order chi connectivity index (χ0) is 21.8. The lowest BCUT2D eigenvalue weighted by molar-refractivity contribution is -0.224. The number of halogens is 3. The van der Waals surface area contributed by atoms with Crippen LogP contribution in [0.1, 0.15) is 18.1 Å². The highest BCUT2D eigenvalue weighted by atomic mass is 32.1. The summed E-state index contributed by atoms with van der Waals surface area (Å²) < 4.78 is 52.0. The molecule has 164 valence electrons. The van der Waals surface area contributed by atoms with Gasteiger partial charge in [-0.3, -0.25) is 0 Å². The van der Waals surface area contributed by atoms with Gasteiger partial charge in [-0.05, 0) is 12.5 Å². The molecule has 2 N–H and O–H groups in total. The first kappa shape index (κ1) is 20.2. The molecular formula is C19H17F3N4O4S. The zero-order valence-electron chi connectivity index (χ0n) is 15.9. The van der Waals surface area contributed by atoms with Crippen molar-refractivity contribution in [3.05, 3.63) is 29.3 Å². The first-order valence-corrected chi connectivity index (χ1v) is 10.4. The van der Waals surface area contributed by atoms with Crippen molar-refractivity contribution >= 4 is 34.4 Å². The van der Waals surface area contributed by atoms with E-state index in [0.29, 0.717) is 35.7 Å². The number of carbonyl (C=O) groups is 1. The number of thiazole rings is 1. The fourth-order valence-corrected chi connectivity index (χ4v) is 4.73. The van der Waals surface area contributed by atoms with Crippen molar-refractivity contribution in [1.29, 1.82) is 0 Å². The summed E-state index contributed by atoms with van der Waals surface area (Å²) in [6.45, 7) is 0.193. The van der Waals surface area contributed by atoms with E-state index in [0.717, 1.165) is 6.42 Å². The van der Waals surface area contributed by atoms with Gasteiger partial charge in [-0.2, -0.15) is 18.2 Å². The normalized spacial score (nSPS) is 21.8. The highest BCUT2D eigenvalue weighted by molar-refractivity contribution is 7.13. The van der Waals surface area contributed by atoms with Crippen LogP contribution < -0.4 is 10.2 Å². The molecule has 8 nitrogen and oxygen atoms in total. The van der Waals surface area contributed by atoms with E-state index < -0.39 is 24.9 Å². The van der Waals surface area contributed by atoms with Crippen LogP contribution in [-0.2, 0) is 9.53 Å². The van der Waals surface area contributed by atoms with Crippen molar-refractivity contribution in [3.63, 3.8) is 0 Å². The number of ether oxygens (including phenoxy) is 1. The first-order valence-electron chi connectivity index (χ1n) is 9.54. The molecule has 0 saturated carbocycles. The average molecular weight is 454 g/mol. The largest absolute Gasteiger partial charge is 0.480 e. The SMILES string of the molecule is O=C(O)COC(c1ccc(-c2nccs2)c2oc(N3CC4CC(C3)N4)nc12)C(F)(F)F. The van der Waals surface area contributed by atoms with Gasteiger partial charge in [0.25, 0.3) is 6.01 Å². The van der Waals surface area contributed by atoms with Gasteiger partial charge in [0.05, 0.1) is 5.56 Å². The summed E-state index contributed by atoms with van der Waals surface area (Å²) in [6, 6.07) is 3.56. The van der Waals surface area contributed by atoms with Crippen LogP contribution in [0, 0.1) is 0 Å². The lowest BCUT2D eigenvalue weighted by Gasteiger charge is -2.47. The third-order valence-corrected chi connectivity index (χ3v) is 6.18. The minimum Gasteiger partial charge on any atom is -0.480 e. The van der Waals surface area contributed by atoms with Gasteiger partial charge in [0, 0.05) is 42.3 Å². The fraction of sp³-hybridized carbons (Fsp3) is 0.421. The second kappa shape index (κ2) is 7.46. The Labute approximate surface area is 177 Å². The Bertz CT molecular complexity index is 1100. The van der Waals surface area contributed by atoms with E-state index in [-0.39, 0.29) is 22.7 Å². The van der Waals surface area contributed by atoms with Gasteiger partial charge in [0.1, 0.15) is 17.1 Å². The molecule has 0 amide bonds. The number of oxazole rings is 1. The summed E-state index contributed by atoms with van der Waals surface area (Å²) in [7, 11) is 0. The molecule has 0 radical (unpaired) electrons. The van der Waals surface area contributed by atoms with E-state index >= 15 is 0 Å². The molecule has 3 atom stereocenters. The van der Waals surface area contributed by atoms with Crippen LogP contribution in [-0.4, -0.2) is 59.0 Å². The van der Waals surface area contributed by atoms with E-state index in [1.54, 1.807) is 11.6 Å². The summed E-state index contributed by atoms with van der Waals surface area (Å²) in [6.07, 6.45) is -4.65. The molecule has 3 aromatic rings. The molecule has 1 aromatic carbocycles. The fourth-order valence-electron chi connectivity index (χ4n) is 4.07. The summed E-state index contributed by atoms with van der Waals surface area (Å²) in [4.78, 5) is 21.4. The molecule has 3 fully saturated rings. The van der Waals surface area contributed by atoms with E-state index in [4.69, 9.17) is 14.3 Å². The number of piperidine rings is 1. The summed E-state index contributed by atoms with van der Waals surface area (Å²) in [5, 5.41) is 14.5. The highest BCUT2D eigenvalue weighted by Gasteiger charge is 2.44. The Morgan fingerprint density at radius 1 is 1.39 bits per heavy atom. The van der Waals surface area contributed by atoms with Crippen LogP contribution in [0.2, 0.25) is 0 Å². The molecule has 3 aliphatic rings. The van der Waals surface area contributed by atoms with Crippen molar-refractivity contribution in [2.75, 3.05) is 24.6 Å². The molecule has 31 heavy (non-hydrogen) atoms. The number of alkyl halides is 3. The number of piperazine rings is 1. The lowest BCUT2D eigenvalue weighted by Crippen LogP contribution is -2.67. The Hall–Kier alpha value is -2.70. The van der Waals surface area contributed by atoms with Crippen molar-refractivity contribution in [3.8, 4) is 10.6 Å². The molecular weight excluding hydrogens is 437 g/mol. The summed E-state index contributed by atoms with van der Waals surface area (Å²) in [5.74, 6) is -1.49. The molecule has 5 heterocycles. The number of fused-ring (bicyclic) bond motifs is 3. The van der Waals surface area contributed by atoms with Gasteiger partial charge in [-0.15, -0.1) is 11.3 Å². The van der Waals surface area contributed by atoms with Crippen molar-refractivity contribution in [2.24, 2.45) is 0 Å². The standard InChI is InChI=1S/C19H17F3N4O4S/c20-19(21,22)16(29-8-13(27)28)11-1-2-12(17-23-3-4-31-17)15-14(11)25-18(30-15)26-6-9-5-10(7-26)24-9/h1-4,9-10,16,24H,5-8H2,(H,27,28). The van der Waals surface area contributed by atoms with Gasteiger partial charge in [-0.25, -0.2) is 9.78 Å². The summed E-state index contributed by atoms with van der Waals surface area (Å²) >= 11 is 1.32. The number of aliphatic carboxylic acids is 1. The van der Waals surface area contributed by atoms with Gasteiger partial charge in [0.2, 0.25) is 0 Å². The Morgan fingerprint density at radius 3 is 2.74 bits per heavy atom. The molecule has 3 aliphatic heterocycles. The average Bonchev–Trinajstić information content (AvgIpc) is 3.37. The van der Waals surface area contributed by atoms with Crippen LogP contribution in [0.15, 0.2) is 28.1 Å². The maximum atomic E-state index is 13.8. The second-order valence-corrected chi connectivity index (χ2v) is 8.44. The van der Waals surface area contributed by atoms with E-state index in [9.17, 15) is 18.0 Å². The smallest absolute Gasteiger partial charge is 0.418 e. The Morgan fingerprint density at radius 2 is 2.13 bits per heavy atom. The van der Waals surface area contributed by atoms with Gasteiger partial charge in [0.15, 0.2) is 11.7 Å². The van der Waals surface area contributed by atoms with Crippen LogP contribution in [0.5, 0.6) is 0 Å². The number of hydrogen-bond donors (Lipinski definition) is 2. The number of benzene rings is 1. The maximum absolute atomic E-state index is 13.8. The quantitative estimate of drug-likeness (QED) is 0.586. The van der Waals surface area contributed by atoms with Crippen molar-refractivity contribution in [2.45, 2.75) is 30.8 Å². The third-order valence-electron chi connectivity index (χ3n) is 5.37.